The van der Waals surface area contributed by atoms with Crippen LogP contribution in [0.3, 0.4) is 0 Å². The van der Waals surface area contributed by atoms with Crippen molar-refractivity contribution in [2.24, 2.45) is 0 Å². The first-order valence-corrected chi connectivity index (χ1v) is 5.11. The molecule has 0 heterocycles. The molecule has 80 valence electrons. The average Bonchev–Trinajstić information content (AvgIpc) is 2.99. The van der Waals surface area contributed by atoms with Crippen LogP contribution in [0.1, 0.15) is 30.1 Å². The topological polar surface area (TPSA) is 46.5 Å². The Morgan fingerprint density at radius 1 is 1.40 bits per heavy atom. The summed E-state index contributed by atoms with van der Waals surface area (Å²) in [5.41, 5.74) is 1.84. The Morgan fingerprint density at radius 3 is 2.47 bits per heavy atom. The minimum atomic E-state index is -0.911. The van der Waals surface area contributed by atoms with Gasteiger partial charge in [0.1, 0.15) is 0 Å². The minimum Gasteiger partial charge on any atom is -0.479 e. The van der Waals surface area contributed by atoms with Crippen molar-refractivity contribution in [1.29, 1.82) is 0 Å². The summed E-state index contributed by atoms with van der Waals surface area (Å²) in [6.45, 7) is 1.97. The summed E-state index contributed by atoms with van der Waals surface area (Å²) in [6.07, 6.45) is 1.30. The number of hydrogen-bond donors (Lipinski definition) is 1. The monoisotopic (exact) mass is 206 g/mol. The third kappa shape index (κ3) is 2.57. The van der Waals surface area contributed by atoms with Gasteiger partial charge in [-0.3, -0.25) is 0 Å². The van der Waals surface area contributed by atoms with Gasteiger partial charge in [-0.15, -0.1) is 0 Å². The number of carboxylic acids is 1. The van der Waals surface area contributed by atoms with Crippen LogP contribution in [0.4, 0.5) is 0 Å². The summed E-state index contributed by atoms with van der Waals surface area (Å²) in [5, 5.41) is 9.05. The van der Waals surface area contributed by atoms with Crippen molar-refractivity contribution in [1.82, 2.24) is 0 Å². The van der Waals surface area contributed by atoms with Crippen molar-refractivity contribution >= 4 is 5.97 Å². The zero-order chi connectivity index (χ0) is 10.8. The first-order valence-electron chi connectivity index (χ1n) is 5.11. The second-order valence-corrected chi connectivity index (χ2v) is 3.96. The van der Waals surface area contributed by atoms with Gasteiger partial charge in [0.25, 0.3) is 0 Å². The molecule has 1 aromatic rings. The lowest BCUT2D eigenvalue weighted by Gasteiger charge is -2.13. The number of hydrogen-bond acceptors (Lipinski definition) is 2. The van der Waals surface area contributed by atoms with E-state index in [0.717, 1.165) is 24.0 Å². The van der Waals surface area contributed by atoms with Gasteiger partial charge in [-0.2, -0.15) is 0 Å². The second-order valence-electron chi connectivity index (χ2n) is 3.96. The second kappa shape index (κ2) is 4.03. The molecule has 0 amide bonds. The van der Waals surface area contributed by atoms with Gasteiger partial charge >= 0.3 is 5.97 Å². The van der Waals surface area contributed by atoms with Crippen molar-refractivity contribution < 1.29 is 14.6 Å². The molecular weight excluding hydrogens is 192 g/mol. The third-order valence-electron chi connectivity index (χ3n) is 2.46. The van der Waals surface area contributed by atoms with E-state index in [2.05, 4.69) is 0 Å². The normalized spacial score (nSPS) is 17.4. The SMILES string of the molecule is Cc1ccc([C@H](OC2CC2)C(=O)O)cc1. The Morgan fingerprint density at radius 2 is 2.00 bits per heavy atom. The van der Waals surface area contributed by atoms with Crippen LogP contribution in [0.2, 0.25) is 0 Å². The highest BCUT2D eigenvalue weighted by atomic mass is 16.5. The maximum atomic E-state index is 11.0. The van der Waals surface area contributed by atoms with Gasteiger partial charge < -0.3 is 9.84 Å². The number of rotatable bonds is 4. The Balaban J connectivity index is 2.15. The van der Waals surface area contributed by atoms with Crippen LogP contribution in [0, 0.1) is 6.92 Å². The van der Waals surface area contributed by atoms with Crippen LogP contribution in [0.15, 0.2) is 24.3 Å². The summed E-state index contributed by atoms with van der Waals surface area (Å²) in [4.78, 5) is 11.0. The average molecular weight is 206 g/mol. The molecule has 1 saturated carbocycles. The van der Waals surface area contributed by atoms with Gasteiger partial charge in [0.2, 0.25) is 0 Å². The van der Waals surface area contributed by atoms with E-state index < -0.39 is 12.1 Å². The fraction of sp³-hybridized carbons (Fsp3) is 0.417. The Kier molecular flexibility index (Phi) is 2.73. The predicted molar refractivity (Wildman–Crippen MR) is 55.7 cm³/mol. The van der Waals surface area contributed by atoms with Gasteiger partial charge in [-0.25, -0.2) is 4.79 Å². The molecular formula is C12H14O3. The lowest BCUT2D eigenvalue weighted by molar-refractivity contribution is -0.151. The summed E-state index contributed by atoms with van der Waals surface area (Å²) in [7, 11) is 0. The molecule has 1 atom stereocenters. The smallest absolute Gasteiger partial charge is 0.337 e. The molecule has 15 heavy (non-hydrogen) atoms. The van der Waals surface area contributed by atoms with Crippen LogP contribution in [0.5, 0.6) is 0 Å². The van der Waals surface area contributed by atoms with E-state index in [1.807, 2.05) is 31.2 Å². The number of aliphatic carboxylic acids is 1. The van der Waals surface area contributed by atoms with Gasteiger partial charge in [0, 0.05) is 0 Å². The van der Waals surface area contributed by atoms with Gasteiger partial charge in [0.05, 0.1) is 6.10 Å². The molecule has 1 aliphatic rings. The zero-order valence-electron chi connectivity index (χ0n) is 8.64. The number of ether oxygens (including phenoxy) is 1. The van der Waals surface area contributed by atoms with Gasteiger partial charge in [-0.05, 0) is 25.3 Å². The van der Waals surface area contributed by atoms with E-state index in [4.69, 9.17) is 9.84 Å². The van der Waals surface area contributed by atoms with E-state index in [-0.39, 0.29) is 6.10 Å². The molecule has 0 aliphatic heterocycles. The maximum absolute atomic E-state index is 11.0. The van der Waals surface area contributed by atoms with Gasteiger partial charge in [-0.1, -0.05) is 29.8 Å². The zero-order valence-corrected chi connectivity index (χ0v) is 8.64. The number of benzene rings is 1. The summed E-state index contributed by atoms with van der Waals surface area (Å²) in [6, 6.07) is 7.44. The Bertz CT molecular complexity index is 352. The van der Waals surface area contributed by atoms with Crippen LogP contribution < -0.4 is 0 Å². The Labute approximate surface area is 88.7 Å². The lowest BCUT2D eigenvalue weighted by atomic mass is 10.1. The van der Waals surface area contributed by atoms with Crippen LogP contribution >= 0.6 is 0 Å². The van der Waals surface area contributed by atoms with Crippen molar-refractivity contribution in [3.8, 4) is 0 Å². The molecule has 0 aromatic heterocycles. The first kappa shape index (κ1) is 10.2. The van der Waals surface area contributed by atoms with Crippen molar-refractivity contribution in [2.75, 3.05) is 0 Å². The molecule has 1 aliphatic carbocycles. The van der Waals surface area contributed by atoms with Crippen LogP contribution in [0.25, 0.3) is 0 Å². The molecule has 0 spiro atoms. The third-order valence-corrected chi connectivity index (χ3v) is 2.46. The van der Waals surface area contributed by atoms with Crippen molar-refractivity contribution in [3.63, 3.8) is 0 Å². The molecule has 0 radical (unpaired) electrons. The molecule has 1 fully saturated rings. The highest BCUT2D eigenvalue weighted by Crippen LogP contribution is 2.30. The molecule has 0 saturated heterocycles. The number of carbonyl (C=O) groups is 1. The molecule has 0 bridgehead atoms. The standard InChI is InChI=1S/C12H14O3/c1-8-2-4-9(5-3-8)11(12(13)14)15-10-6-7-10/h2-5,10-11H,6-7H2,1H3,(H,13,14)/t11-/m0/s1. The molecule has 2 rings (SSSR count). The molecule has 1 aromatic carbocycles. The van der Waals surface area contributed by atoms with Crippen LogP contribution in [-0.2, 0) is 9.53 Å². The minimum absolute atomic E-state index is 0.146. The highest BCUT2D eigenvalue weighted by molar-refractivity contribution is 5.74. The number of aryl methyl sites for hydroxylation is 1. The molecule has 1 N–H and O–H groups in total. The first-order chi connectivity index (χ1) is 7.16. The quantitative estimate of drug-likeness (QED) is 0.822. The van der Waals surface area contributed by atoms with E-state index >= 15 is 0 Å². The van der Waals surface area contributed by atoms with Crippen LogP contribution in [-0.4, -0.2) is 17.2 Å². The van der Waals surface area contributed by atoms with Crippen molar-refractivity contribution in [3.05, 3.63) is 35.4 Å². The largest absolute Gasteiger partial charge is 0.479 e. The predicted octanol–water partition coefficient (Wildman–Crippen LogP) is 2.30. The Hall–Kier alpha value is -1.35. The lowest BCUT2D eigenvalue weighted by Crippen LogP contribution is -2.16. The maximum Gasteiger partial charge on any atom is 0.337 e. The van der Waals surface area contributed by atoms with Crippen molar-refractivity contribution in [2.45, 2.75) is 32.0 Å². The van der Waals surface area contributed by atoms with E-state index in [9.17, 15) is 4.79 Å². The molecule has 3 heteroatoms. The summed E-state index contributed by atoms with van der Waals surface area (Å²) >= 11 is 0. The van der Waals surface area contributed by atoms with E-state index in [0.29, 0.717) is 0 Å². The summed E-state index contributed by atoms with van der Waals surface area (Å²) in [5.74, 6) is -0.911. The van der Waals surface area contributed by atoms with E-state index in [1.165, 1.54) is 0 Å². The molecule has 3 nitrogen and oxygen atoms in total. The summed E-state index contributed by atoms with van der Waals surface area (Å²) < 4.78 is 5.45. The fourth-order valence-corrected chi connectivity index (χ4v) is 1.42. The number of carboxylic acid groups (broad SMARTS) is 1. The van der Waals surface area contributed by atoms with E-state index in [1.54, 1.807) is 0 Å². The highest BCUT2D eigenvalue weighted by Gasteiger charge is 2.30. The molecule has 0 unspecified atom stereocenters. The van der Waals surface area contributed by atoms with Gasteiger partial charge in [0.15, 0.2) is 6.10 Å². The fourth-order valence-electron chi connectivity index (χ4n) is 1.42.